The number of halogens is 2. The van der Waals surface area contributed by atoms with E-state index in [1.54, 1.807) is 15.3 Å². The largest absolute Gasteiger partial charge is 0.347 e. The fraction of sp³-hybridized carbons (Fsp3) is 0.500. The van der Waals surface area contributed by atoms with Crippen LogP contribution in [0.2, 0.25) is 0 Å². The predicted molar refractivity (Wildman–Crippen MR) is 79.8 cm³/mol. The number of benzene rings is 1. The summed E-state index contributed by atoms with van der Waals surface area (Å²) in [5, 5.41) is 4.57. The van der Waals surface area contributed by atoms with Gasteiger partial charge < -0.3 is 0 Å². The first-order chi connectivity index (χ1) is 10.5. The van der Waals surface area contributed by atoms with Gasteiger partial charge in [-0.3, -0.25) is 4.57 Å². The van der Waals surface area contributed by atoms with Gasteiger partial charge in [-0.2, -0.15) is 5.10 Å². The molecular formula is C16H15ClFN3O. The summed E-state index contributed by atoms with van der Waals surface area (Å²) < 4.78 is 16.9. The van der Waals surface area contributed by atoms with Crippen molar-refractivity contribution in [2.75, 3.05) is 0 Å². The highest BCUT2D eigenvalue weighted by Gasteiger charge is 2.70. The van der Waals surface area contributed by atoms with Crippen molar-refractivity contribution in [1.29, 1.82) is 0 Å². The van der Waals surface area contributed by atoms with Gasteiger partial charge in [-0.05, 0) is 43.4 Å². The van der Waals surface area contributed by atoms with Gasteiger partial charge in [0.05, 0.1) is 16.5 Å². The molecule has 0 radical (unpaired) electrons. The van der Waals surface area contributed by atoms with Crippen LogP contribution in [0.25, 0.3) is 0 Å². The van der Waals surface area contributed by atoms with Crippen LogP contribution in [-0.4, -0.2) is 19.2 Å². The summed E-state index contributed by atoms with van der Waals surface area (Å²) in [6.45, 7) is 0. The number of hydrogen-bond acceptors (Lipinski definition) is 2. The minimum Gasteiger partial charge on any atom is -0.271 e. The molecule has 114 valence electrons. The van der Waals surface area contributed by atoms with Crippen LogP contribution in [-0.2, 0) is 12.0 Å². The SMILES string of the molecule is O=c1n(C23CC(Cl)(C2)C3)nc2n1C(c1cccc(F)c1)CC2. The van der Waals surface area contributed by atoms with E-state index in [-0.39, 0.29) is 28.0 Å². The molecule has 22 heavy (non-hydrogen) atoms. The third kappa shape index (κ3) is 1.47. The summed E-state index contributed by atoms with van der Waals surface area (Å²) >= 11 is 6.31. The van der Waals surface area contributed by atoms with Gasteiger partial charge in [-0.25, -0.2) is 13.9 Å². The normalized spacial score (nSPS) is 34.9. The standard InChI is InChI=1S/C16H15ClFN3O/c17-15-7-16(8-15,9-15)21-14(22)20-12(4-5-13(20)19-21)10-2-1-3-11(18)6-10/h1-3,6,12H,4-5,7-9H2. The lowest BCUT2D eigenvalue weighted by molar-refractivity contribution is -0.0769. The van der Waals surface area contributed by atoms with Crippen molar-refractivity contribution in [3.8, 4) is 0 Å². The maximum Gasteiger partial charge on any atom is 0.347 e. The zero-order chi connectivity index (χ0) is 15.1. The lowest BCUT2D eigenvalue weighted by Crippen LogP contribution is -2.71. The molecule has 4 nitrogen and oxygen atoms in total. The van der Waals surface area contributed by atoms with Crippen molar-refractivity contribution in [2.45, 2.75) is 48.6 Å². The predicted octanol–water partition coefficient (Wildman–Crippen LogP) is 2.59. The van der Waals surface area contributed by atoms with Crippen LogP contribution in [0, 0.1) is 5.82 Å². The highest BCUT2D eigenvalue weighted by atomic mass is 35.5. The van der Waals surface area contributed by atoms with Crippen LogP contribution in [0.15, 0.2) is 29.1 Å². The fourth-order valence-corrected chi connectivity index (χ4v) is 5.22. The Labute approximate surface area is 131 Å². The number of rotatable bonds is 2. The van der Waals surface area contributed by atoms with Crippen molar-refractivity contribution in [1.82, 2.24) is 14.3 Å². The van der Waals surface area contributed by atoms with Crippen LogP contribution < -0.4 is 5.69 Å². The summed E-state index contributed by atoms with van der Waals surface area (Å²) in [4.78, 5) is 12.7. The Morgan fingerprint density at radius 3 is 2.77 bits per heavy atom. The van der Waals surface area contributed by atoms with E-state index in [0.717, 1.165) is 43.5 Å². The van der Waals surface area contributed by atoms with Gasteiger partial charge in [-0.15, -0.1) is 11.6 Å². The molecular weight excluding hydrogens is 305 g/mol. The highest BCUT2D eigenvalue weighted by Crippen LogP contribution is 2.68. The molecule has 0 saturated heterocycles. The van der Waals surface area contributed by atoms with E-state index < -0.39 is 0 Å². The van der Waals surface area contributed by atoms with Crippen molar-refractivity contribution >= 4 is 11.6 Å². The second-order valence-electron chi connectivity index (χ2n) is 7.00. The minimum absolute atomic E-state index is 0.0693. The van der Waals surface area contributed by atoms with Gasteiger partial charge in [0.25, 0.3) is 0 Å². The van der Waals surface area contributed by atoms with E-state index in [0.29, 0.717) is 0 Å². The third-order valence-corrected chi connectivity index (χ3v) is 5.86. The van der Waals surface area contributed by atoms with Gasteiger partial charge in [0.2, 0.25) is 0 Å². The summed E-state index contributed by atoms with van der Waals surface area (Å²) in [6, 6.07) is 6.40. The molecule has 1 aliphatic heterocycles. The average Bonchev–Trinajstić information content (AvgIpc) is 2.95. The lowest BCUT2D eigenvalue weighted by Gasteiger charge is -2.66. The van der Waals surface area contributed by atoms with Crippen LogP contribution in [0.4, 0.5) is 4.39 Å². The van der Waals surface area contributed by atoms with Crippen LogP contribution in [0.1, 0.15) is 43.1 Å². The number of fused-ring (bicyclic) bond motifs is 1. The number of nitrogens with zero attached hydrogens (tertiary/aromatic N) is 3. The lowest BCUT2D eigenvalue weighted by atomic mass is 9.49. The Morgan fingerprint density at radius 2 is 2.09 bits per heavy atom. The first-order valence-electron chi connectivity index (χ1n) is 7.65. The first-order valence-corrected chi connectivity index (χ1v) is 8.03. The monoisotopic (exact) mass is 319 g/mol. The third-order valence-electron chi connectivity index (χ3n) is 5.45. The molecule has 2 heterocycles. The maximum atomic E-state index is 13.5. The summed E-state index contributed by atoms with van der Waals surface area (Å²) in [5.41, 5.74) is 0.620. The van der Waals surface area contributed by atoms with Crippen molar-refractivity contribution in [3.05, 3.63) is 52.0 Å². The molecule has 2 aromatic rings. The maximum absolute atomic E-state index is 13.5. The molecule has 1 aromatic heterocycles. The van der Waals surface area contributed by atoms with E-state index in [1.165, 1.54) is 12.1 Å². The van der Waals surface area contributed by atoms with E-state index in [4.69, 9.17) is 11.6 Å². The molecule has 0 spiro atoms. The zero-order valence-corrected chi connectivity index (χ0v) is 12.7. The number of aromatic nitrogens is 3. The fourth-order valence-electron chi connectivity index (χ4n) is 4.47. The zero-order valence-electron chi connectivity index (χ0n) is 11.9. The van der Waals surface area contributed by atoms with E-state index >= 15 is 0 Å². The van der Waals surface area contributed by atoms with Gasteiger partial charge in [-0.1, -0.05) is 12.1 Å². The van der Waals surface area contributed by atoms with Gasteiger partial charge in [0.1, 0.15) is 11.6 Å². The second kappa shape index (κ2) is 3.82. The molecule has 1 aromatic carbocycles. The van der Waals surface area contributed by atoms with Crippen LogP contribution in [0.5, 0.6) is 0 Å². The Morgan fingerprint density at radius 1 is 1.32 bits per heavy atom. The number of aryl methyl sites for hydroxylation is 1. The molecule has 4 aliphatic rings. The molecule has 2 bridgehead atoms. The van der Waals surface area contributed by atoms with Gasteiger partial charge in [0, 0.05) is 6.42 Å². The Hall–Kier alpha value is -1.62. The van der Waals surface area contributed by atoms with Crippen LogP contribution in [0.3, 0.4) is 0 Å². The number of alkyl halides is 1. The Kier molecular flexibility index (Phi) is 2.24. The molecule has 3 saturated carbocycles. The summed E-state index contributed by atoms with van der Waals surface area (Å²) in [5.74, 6) is 0.544. The van der Waals surface area contributed by atoms with Crippen LogP contribution >= 0.6 is 11.6 Å². The summed E-state index contributed by atoms with van der Waals surface area (Å²) in [7, 11) is 0. The topological polar surface area (TPSA) is 39.8 Å². The minimum atomic E-state index is -0.269. The van der Waals surface area contributed by atoms with Gasteiger partial charge >= 0.3 is 5.69 Å². The molecule has 1 unspecified atom stereocenters. The quantitative estimate of drug-likeness (QED) is 0.798. The van der Waals surface area contributed by atoms with Gasteiger partial charge in [0.15, 0.2) is 0 Å². The second-order valence-corrected chi connectivity index (χ2v) is 7.80. The summed E-state index contributed by atoms with van der Waals surface area (Å²) in [6.07, 6.45) is 4.06. The van der Waals surface area contributed by atoms with E-state index in [9.17, 15) is 9.18 Å². The molecule has 0 N–H and O–H groups in total. The van der Waals surface area contributed by atoms with E-state index in [1.807, 2.05) is 6.07 Å². The highest BCUT2D eigenvalue weighted by molar-refractivity contribution is 6.26. The molecule has 6 rings (SSSR count). The van der Waals surface area contributed by atoms with E-state index in [2.05, 4.69) is 5.10 Å². The molecule has 3 aliphatic carbocycles. The molecule has 0 amide bonds. The smallest absolute Gasteiger partial charge is 0.271 e. The average molecular weight is 320 g/mol. The molecule has 6 heteroatoms. The molecule has 1 atom stereocenters. The molecule has 3 fully saturated rings. The first kappa shape index (κ1) is 12.9. The van der Waals surface area contributed by atoms with Crippen molar-refractivity contribution in [2.24, 2.45) is 0 Å². The number of hydrogen-bond donors (Lipinski definition) is 0. The Bertz CT molecular complexity index is 836. The van der Waals surface area contributed by atoms with Crippen molar-refractivity contribution < 1.29 is 4.39 Å². The Balaban J connectivity index is 1.58. The van der Waals surface area contributed by atoms with Crippen molar-refractivity contribution in [3.63, 3.8) is 0 Å².